The van der Waals surface area contributed by atoms with Crippen LogP contribution < -0.4 is 5.69 Å². The summed E-state index contributed by atoms with van der Waals surface area (Å²) in [5, 5.41) is 4.34. The molecule has 62 valence electrons. The highest BCUT2D eigenvalue weighted by atomic mass is 32.1. The van der Waals surface area contributed by atoms with Crippen molar-refractivity contribution < 1.29 is 8.78 Å². The van der Waals surface area contributed by atoms with Crippen molar-refractivity contribution in [2.75, 3.05) is 0 Å². The highest BCUT2D eigenvalue weighted by Gasteiger charge is 2.07. The molecule has 0 atom stereocenters. The van der Waals surface area contributed by atoms with Gasteiger partial charge in [0.05, 0.1) is 6.54 Å². The van der Waals surface area contributed by atoms with Crippen LogP contribution in [0.15, 0.2) is 4.79 Å². The minimum Gasteiger partial charge on any atom is -0.272 e. The highest BCUT2D eigenvalue weighted by Crippen LogP contribution is 1.94. The van der Waals surface area contributed by atoms with Crippen molar-refractivity contribution in [2.24, 2.45) is 0 Å². The van der Waals surface area contributed by atoms with Gasteiger partial charge in [0.25, 0.3) is 6.43 Å². The predicted octanol–water partition coefficient (Wildman–Crippen LogP) is 0.499. The van der Waals surface area contributed by atoms with Crippen LogP contribution >= 0.6 is 12.2 Å². The number of halogens is 2. The van der Waals surface area contributed by atoms with Crippen molar-refractivity contribution in [1.82, 2.24) is 14.8 Å². The lowest BCUT2D eigenvalue weighted by Gasteiger charge is -1.96. The SMILES string of the molecule is O=c1[nH][nH]c(=S)n1CC(F)F. The molecule has 1 aromatic rings. The molecule has 0 unspecified atom stereocenters. The van der Waals surface area contributed by atoms with E-state index in [0.29, 0.717) is 0 Å². The molecular formula is C4H5F2N3OS. The fourth-order valence-corrected chi connectivity index (χ4v) is 0.846. The normalized spacial score (nSPS) is 10.8. The largest absolute Gasteiger partial charge is 0.342 e. The van der Waals surface area contributed by atoms with E-state index in [4.69, 9.17) is 0 Å². The molecule has 2 N–H and O–H groups in total. The molecule has 1 aromatic heterocycles. The molecule has 0 aliphatic rings. The smallest absolute Gasteiger partial charge is 0.272 e. The van der Waals surface area contributed by atoms with E-state index in [2.05, 4.69) is 22.4 Å². The molecule has 0 aromatic carbocycles. The van der Waals surface area contributed by atoms with Gasteiger partial charge in [-0.25, -0.2) is 18.7 Å². The number of H-pyrrole nitrogens is 2. The molecule has 0 aliphatic heterocycles. The quantitative estimate of drug-likeness (QED) is 0.653. The second-order valence-corrected chi connectivity index (χ2v) is 2.25. The van der Waals surface area contributed by atoms with Gasteiger partial charge in [-0.15, -0.1) is 0 Å². The number of nitrogens with one attached hydrogen (secondary N) is 2. The Balaban J connectivity index is 3.02. The van der Waals surface area contributed by atoms with Crippen LogP contribution in [0.4, 0.5) is 8.78 Å². The molecule has 0 amide bonds. The van der Waals surface area contributed by atoms with Gasteiger partial charge >= 0.3 is 5.69 Å². The monoisotopic (exact) mass is 181 g/mol. The fourth-order valence-electron chi connectivity index (χ4n) is 0.638. The van der Waals surface area contributed by atoms with Crippen LogP contribution in [-0.2, 0) is 6.54 Å². The Labute approximate surface area is 64.8 Å². The van der Waals surface area contributed by atoms with Gasteiger partial charge < -0.3 is 0 Å². The summed E-state index contributed by atoms with van der Waals surface area (Å²) in [6, 6.07) is 0. The third-order valence-electron chi connectivity index (χ3n) is 1.09. The van der Waals surface area contributed by atoms with E-state index in [-0.39, 0.29) is 4.77 Å². The average Bonchev–Trinajstić information content (AvgIpc) is 2.18. The third kappa shape index (κ3) is 1.73. The van der Waals surface area contributed by atoms with Crippen molar-refractivity contribution in [3.63, 3.8) is 0 Å². The summed E-state index contributed by atoms with van der Waals surface area (Å²) in [7, 11) is 0. The van der Waals surface area contributed by atoms with Crippen molar-refractivity contribution in [3.8, 4) is 0 Å². The molecule has 1 heterocycles. The molecule has 4 nitrogen and oxygen atoms in total. The first kappa shape index (κ1) is 8.12. The van der Waals surface area contributed by atoms with E-state index in [1.165, 1.54) is 0 Å². The zero-order valence-electron chi connectivity index (χ0n) is 5.30. The predicted molar refractivity (Wildman–Crippen MR) is 36.2 cm³/mol. The van der Waals surface area contributed by atoms with Gasteiger partial charge in [0.2, 0.25) is 0 Å². The van der Waals surface area contributed by atoms with E-state index < -0.39 is 18.7 Å². The molecular weight excluding hydrogens is 176 g/mol. The van der Waals surface area contributed by atoms with Gasteiger partial charge in [-0.1, -0.05) is 0 Å². The molecule has 0 radical (unpaired) electrons. The standard InChI is InChI=1S/C4H5F2N3OS/c5-2(6)1-9-3(10)7-8-4(9)11/h2H,1H2,(H,7,10)(H,8,11). The summed E-state index contributed by atoms with van der Waals surface area (Å²) < 4.78 is 24.2. The number of nitrogens with zero attached hydrogens (tertiary/aromatic N) is 1. The van der Waals surface area contributed by atoms with Gasteiger partial charge in [-0.05, 0) is 12.2 Å². The lowest BCUT2D eigenvalue weighted by atomic mass is 10.7. The minimum atomic E-state index is -2.57. The minimum absolute atomic E-state index is 0.0182. The lowest BCUT2D eigenvalue weighted by molar-refractivity contribution is 0.125. The van der Waals surface area contributed by atoms with Crippen LogP contribution in [0.3, 0.4) is 0 Å². The van der Waals surface area contributed by atoms with Crippen LogP contribution in [0.1, 0.15) is 0 Å². The zero-order chi connectivity index (χ0) is 8.43. The van der Waals surface area contributed by atoms with E-state index in [9.17, 15) is 13.6 Å². The molecule has 0 bridgehead atoms. The second-order valence-electron chi connectivity index (χ2n) is 1.86. The van der Waals surface area contributed by atoms with Gasteiger partial charge in [0.15, 0.2) is 4.77 Å². The Hall–Kier alpha value is -0.980. The third-order valence-corrected chi connectivity index (χ3v) is 1.41. The molecule has 0 fully saturated rings. The maximum atomic E-state index is 11.7. The molecule has 0 saturated heterocycles. The Kier molecular flexibility index (Phi) is 2.18. The lowest BCUT2D eigenvalue weighted by Crippen LogP contribution is -2.20. The zero-order valence-corrected chi connectivity index (χ0v) is 6.12. The average molecular weight is 181 g/mol. The van der Waals surface area contributed by atoms with E-state index in [1.807, 2.05) is 0 Å². The van der Waals surface area contributed by atoms with Crippen LogP contribution in [0, 0.1) is 4.77 Å². The van der Waals surface area contributed by atoms with Crippen LogP contribution in [0.5, 0.6) is 0 Å². The summed E-state index contributed by atoms with van der Waals surface area (Å²) in [5.74, 6) is 0. The summed E-state index contributed by atoms with van der Waals surface area (Å²) in [4.78, 5) is 10.7. The van der Waals surface area contributed by atoms with Crippen molar-refractivity contribution >= 4 is 12.2 Å². The van der Waals surface area contributed by atoms with Crippen molar-refractivity contribution in [1.29, 1.82) is 0 Å². The second kappa shape index (κ2) is 2.95. The number of hydrogen-bond donors (Lipinski definition) is 2. The first-order chi connectivity index (χ1) is 5.11. The number of hydrogen-bond acceptors (Lipinski definition) is 2. The van der Waals surface area contributed by atoms with Crippen LogP contribution in [0.2, 0.25) is 0 Å². The Morgan fingerprint density at radius 1 is 1.55 bits per heavy atom. The van der Waals surface area contributed by atoms with Crippen molar-refractivity contribution in [3.05, 3.63) is 15.3 Å². The first-order valence-corrected chi connectivity index (χ1v) is 3.17. The highest BCUT2D eigenvalue weighted by molar-refractivity contribution is 7.71. The molecule has 7 heteroatoms. The number of aromatic amines is 2. The van der Waals surface area contributed by atoms with E-state index in [1.54, 1.807) is 0 Å². The molecule has 0 saturated carbocycles. The van der Waals surface area contributed by atoms with E-state index >= 15 is 0 Å². The fraction of sp³-hybridized carbons (Fsp3) is 0.500. The Morgan fingerprint density at radius 2 is 2.18 bits per heavy atom. The van der Waals surface area contributed by atoms with Gasteiger partial charge in [0.1, 0.15) is 0 Å². The Bertz CT molecular complexity index is 310. The topological polar surface area (TPSA) is 53.6 Å². The maximum absolute atomic E-state index is 11.7. The maximum Gasteiger partial charge on any atom is 0.342 e. The summed E-state index contributed by atoms with van der Waals surface area (Å²) in [5.41, 5.74) is -0.643. The molecule has 0 spiro atoms. The summed E-state index contributed by atoms with van der Waals surface area (Å²) in [6.45, 7) is -0.669. The number of alkyl halides is 2. The van der Waals surface area contributed by atoms with Gasteiger partial charge in [0, 0.05) is 0 Å². The number of rotatable bonds is 2. The van der Waals surface area contributed by atoms with Gasteiger partial charge in [-0.2, -0.15) is 0 Å². The molecule has 1 rings (SSSR count). The van der Waals surface area contributed by atoms with E-state index in [0.717, 1.165) is 4.57 Å². The van der Waals surface area contributed by atoms with Crippen LogP contribution in [-0.4, -0.2) is 21.2 Å². The molecule has 0 aliphatic carbocycles. The summed E-state index contributed by atoms with van der Waals surface area (Å²) in [6.07, 6.45) is -2.57. The van der Waals surface area contributed by atoms with Gasteiger partial charge in [-0.3, -0.25) is 9.67 Å². The Morgan fingerprint density at radius 3 is 2.55 bits per heavy atom. The molecule has 11 heavy (non-hydrogen) atoms. The van der Waals surface area contributed by atoms with Crippen molar-refractivity contribution in [2.45, 2.75) is 13.0 Å². The first-order valence-electron chi connectivity index (χ1n) is 2.77. The number of aromatic nitrogens is 3. The van der Waals surface area contributed by atoms with Crippen LogP contribution in [0.25, 0.3) is 0 Å². The summed E-state index contributed by atoms with van der Waals surface area (Å²) >= 11 is 4.53.